The van der Waals surface area contributed by atoms with Crippen LogP contribution in [-0.2, 0) is 19.8 Å². The van der Waals surface area contributed by atoms with E-state index < -0.39 is 11.7 Å². The SMILES string of the molecule is CN1CCC(c2cn(-c3ccc(-c4nnc(COc5cccc(C(F)(F)F)c5)n4C)cc3)cn2)CC1. The summed E-state index contributed by atoms with van der Waals surface area (Å²) in [6, 6.07) is 12.7. The molecule has 2 aromatic heterocycles. The molecule has 1 aliphatic heterocycles. The number of benzene rings is 2. The van der Waals surface area contributed by atoms with Gasteiger partial charge in [-0.25, -0.2) is 4.98 Å². The molecule has 188 valence electrons. The van der Waals surface area contributed by atoms with Crippen LogP contribution in [0.2, 0.25) is 0 Å². The van der Waals surface area contributed by atoms with Crippen molar-refractivity contribution >= 4 is 0 Å². The van der Waals surface area contributed by atoms with Gasteiger partial charge in [-0.05, 0) is 75.4 Å². The fourth-order valence-corrected chi connectivity index (χ4v) is 4.43. The van der Waals surface area contributed by atoms with Crippen molar-refractivity contribution in [2.24, 2.45) is 7.05 Å². The lowest BCUT2D eigenvalue weighted by Crippen LogP contribution is -2.29. The molecule has 0 bridgehead atoms. The topological polar surface area (TPSA) is 61.0 Å². The third kappa shape index (κ3) is 5.13. The zero-order valence-electron chi connectivity index (χ0n) is 20.1. The van der Waals surface area contributed by atoms with Crippen LogP contribution in [0.3, 0.4) is 0 Å². The maximum atomic E-state index is 12.9. The minimum atomic E-state index is -4.42. The monoisotopic (exact) mass is 496 g/mol. The van der Waals surface area contributed by atoms with E-state index in [0.29, 0.717) is 17.6 Å². The summed E-state index contributed by atoms with van der Waals surface area (Å²) < 4.78 is 48.2. The first-order valence-electron chi connectivity index (χ1n) is 11.8. The second-order valence-corrected chi connectivity index (χ2v) is 9.14. The van der Waals surface area contributed by atoms with E-state index in [2.05, 4.69) is 33.3 Å². The molecular formula is C26H27F3N6O. The number of halogens is 3. The Hall–Kier alpha value is -3.66. The number of alkyl halides is 3. The molecule has 7 nitrogen and oxygen atoms in total. The molecule has 10 heteroatoms. The molecule has 0 atom stereocenters. The highest BCUT2D eigenvalue weighted by Gasteiger charge is 2.30. The van der Waals surface area contributed by atoms with Crippen molar-refractivity contribution < 1.29 is 17.9 Å². The van der Waals surface area contributed by atoms with Gasteiger partial charge in [0.25, 0.3) is 0 Å². The molecule has 2 aromatic carbocycles. The minimum Gasteiger partial charge on any atom is -0.486 e. The number of rotatable bonds is 6. The van der Waals surface area contributed by atoms with Gasteiger partial charge in [0.15, 0.2) is 11.6 Å². The molecule has 36 heavy (non-hydrogen) atoms. The number of aromatic nitrogens is 5. The molecule has 5 rings (SSSR count). The fourth-order valence-electron chi connectivity index (χ4n) is 4.43. The molecular weight excluding hydrogens is 469 g/mol. The summed E-state index contributed by atoms with van der Waals surface area (Å²) >= 11 is 0. The number of piperidine rings is 1. The van der Waals surface area contributed by atoms with Crippen LogP contribution in [0, 0.1) is 0 Å². The lowest BCUT2D eigenvalue weighted by atomic mass is 9.94. The summed E-state index contributed by atoms with van der Waals surface area (Å²) in [7, 11) is 3.96. The molecule has 0 aliphatic carbocycles. The van der Waals surface area contributed by atoms with E-state index in [4.69, 9.17) is 4.74 Å². The van der Waals surface area contributed by atoms with Gasteiger partial charge >= 0.3 is 6.18 Å². The maximum Gasteiger partial charge on any atom is 0.416 e. The van der Waals surface area contributed by atoms with Crippen molar-refractivity contribution in [3.8, 4) is 22.8 Å². The van der Waals surface area contributed by atoms with Gasteiger partial charge < -0.3 is 18.8 Å². The third-order valence-corrected chi connectivity index (χ3v) is 6.66. The van der Waals surface area contributed by atoms with Gasteiger partial charge in [-0.2, -0.15) is 13.2 Å². The quantitative estimate of drug-likeness (QED) is 0.373. The van der Waals surface area contributed by atoms with Gasteiger partial charge in [0.2, 0.25) is 0 Å². The summed E-state index contributed by atoms with van der Waals surface area (Å²) in [5, 5.41) is 8.43. The highest BCUT2D eigenvalue weighted by molar-refractivity contribution is 5.57. The Morgan fingerprint density at radius 3 is 2.47 bits per heavy atom. The van der Waals surface area contributed by atoms with Crippen LogP contribution in [0.25, 0.3) is 17.1 Å². The summed E-state index contributed by atoms with van der Waals surface area (Å²) in [5.41, 5.74) is 2.25. The first-order valence-corrected chi connectivity index (χ1v) is 11.8. The summed E-state index contributed by atoms with van der Waals surface area (Å²) in [5.74, 6) is 1.77. The Balaban J connectivity index is 1.26. The molecule has 1 aliphatic rings. The predicted molar refractivity (Wildman–Crippen MR) is 129 cm³/mol. The van der Waals surface area contributed by atoms with E-state index in [-0.39, 0.29) is 12.4 Å². The molecule has 0 saturated carbocycles. The highest BCUT2D eigenvalue weighted by atomic mass is 19.4. The largest absolute Gasteiger partial charge is 0.486 e. The summed E-state index contributed by atoms with van der Waals surface area (Å²) in [6.07, 6.45) is 1.79. The van der Waals surface area contributed by atoms with Crippen LogP contribution in [0.5, 0.6) is 5.75 Å². The van der Waals surface area contributed by atoms with Gasteiger partial charge in [0.05, 0.1) is 17.6 Å². The molecule has 0 amide bonds. The van der Waals surface area contributed by atoms with Crippen LogP contribution in [0.1, 0.15) is 35.8 Å². The smallest absolute Gasteiger partial charge is 0.416 e. The second-order valence-electron chi connectivity index (χ2n) is 9.14. The maximum absolute atomic E-state index is 12.9. The molecule has 0 N–H and O–H groups in total. The van der Waals surface area contributed by atoms with E-state index in [0.717, 1.165) is 55.0 Å². The Kier molecular flexibility index (Phi) is 6.53. The average Bonchev–Trinajstić information content (AvgIpc) is 3.50. The predicted octanol–water partition coefficient (Wildman–Crippen LogP) is 5.07. The Morgan fingerprint density at radius 2 is 1.75 bits per heavy atom. The minimum absolute atomic E-state index is 0.00232. The van der Waals surface area contributed by atoms with Crippen LogP contribution in [-0.4, -0.2) is 49.4 Å². The highest BCUT2D eigenvalue weighted by Crippen LogP contribution is 2.31. The van der Waals surface area contributed by atoms with Crippen molar-refractivity contribution in [1.82, 2.24) is 29.2 Å². The lowest BCUT2D eigenvalue weighted by molar-refractivity contribution is -0.137. The van der Waals surface area contributed by atoms with E-state index in [1.807, 2.05) is 35.2 Å². The van der Waals surface area contributed by atoms with Crippen LogP contribution >= 0.6 is 0 Å². The van der Waals surface area contributed by atoms with Crippen molar-refractivity contribution in [3.63, 3.8) is 0 Å². The zero-order chi connectivity index (χ0) is 25.3. The van der Waals surface area contributed by atoms with Gasteiger partial charge in [-0.3, -0.25) is 0 Å². The number of hydrogen-bond acceptors (Lipinski definition) is 5. The summed E-state index contributed by atoms with van der Waals surface area (Å²) in [4.78, 5) is 6.99. The number of hydrogen-bond donors (Lipinski definition) is 0. The van der Waals surface area contributed by atoms with E-state index in [1.54, 1.807) is 11.6 Å². The third-order valence-electron chi connectivity index (χ3n) is 6.66. The van der Waals surface area contributed by atoms with Gasteiger partial charge in [0, 0.05) is 30.4 Å². The number of imidazole rings is 1. The van der Waals surface area contributed by atoms with E-state index in [9.17, 15) is 13.2 Å². The molecule has 0 radical (unpaired) electrons. The van der Waals surface area contributed by atoms with Gasteiger partial charge in [-0.1, -0.05) is 6.07 Å². The summed E-state index contributed by atoms with van der Waals surface area (Å²) in [6.45, 7) is 2.19. The van der Waals surface area contributed by atoms with Crippen LogP contribution < -0.4 is 4.74 Å². The number of likely N-dealkylation sites (tertiary alicyclic amines) is 1. The Bertz CT molecular complexity index is 1320. The normalized spacial score (nSPS) is 15.4. The van der Waals surface area contributed by atoms with Crippen LogP contribution in [0.15, 0.2) is 61.1 Å². The van der Waals surface area contributed by atoms with E-state index in [1.165, 1.54) is 12.1 Å². The second kappa shape index (κ2) is 9.77. The standard InChI is InChI=1S/C26H27F3N6O/c1-33-12-10-18(11-13-33)23-15-35(17-30-23)21-8-6-19(7-9-21)25-32-31-24(34(25)2)16-36-22-5-3-4-20(14-22)26(27,28)29/h3-9,14-15,17-18H,10-13,16H2,1-2H3. The van der Waals surface area contributed by atoms with E-state index >= 15 is 0 Å². The molecule has 4 aromatic rings. The van der Waals surface area contributed by atoms with Gasteiger partial charge in [0.1, 0.15) is 12.4 Å². The van der Waals surface area contributed by atoms with Gasteiger partial charge in [-0.15, -0.1) is 10.2 Å². The number of ether oxygens (including phenoxy) is 1. The molecule has 1 saturated heterocycles. The Labute approximate surface area is 207 Å². The van der Waals surface area contributed by atoms with Crippen molar-refractivity contribution in [2.75, 3.05) is 20.1 Å². The average molecular weight is 497 g/mol. The molecule has 0 spiro atoms. The van der Waals surface area contributed by atoms with Crippen molar-refractivity contribution in [2.45, 2.75) is 31.5 Å². The van der Waals surface area contributed by atoms with Crippen LogP contribution in [0.4, 0.5) is 13.2 Å². The fraction of sp³-hybridized carbons (Fsp3) is 0.346. The molecule has 0 unspecified atom stereocenters. The first kappa shape index (κ1) is 24.1. The molecule has 1 fully saturated rings. The lowest BCUT2D eigenvalue weighted by Gasteiger charge is -2.27. The van der Waals surface area contributed by atoms with Crippen molar-refractivity contribution in [3.05, 3.63) is 78.1 Å². The first-order chi connectivity index (χ1) is 17.3. The Morgan fingerprint density at radius 1 is 1.00 bits per heavy atom. The number of nitrogens with zero attached hydrogens (tertiary/aromatic N) is 6. The molecule has 3 heterocycles. The van der Waals surface area contributed by atoms with Crippen molar-refractivity contribution in [1.29, 1.82) is 0 Å². The zero-order valence-corrected chi connectivity index (χ0v) is 20.1.